The van der Waals surface area contributed by atoms with Gasteiger partial charge in [0.15, 0.2) is 0 Å². The van der Waals surface area contributed by atoms with Crippen molar-refractivity contribution < 1.29 is 14.6 Å². The highest BCUT2D eigenvalue weighted by Crippen LogP contribution is 2.24. The number of ether oxygens (including phenoxy) is 1. The highest BCUT2D eigenvalue weighted by Gasteiger charge is 2.22. The summed E-state index contributed by atoms with van der Waals surface area (Å²) in [6, 6.07) is 7.79. The van der Waals surface area contributed by atoms with E-state index in [1.54, 1.807) is 7.11 Å². The molecule has 1 amide bonds. The van der Waals surface area contributed by atoms with Crippen LogP contribution in [0.3, 0.4) is 0 Å². The van der Waals surface area contributed by atoms with Crippen molar-refractivity contribution in [3.8, 4) is 5.75 Å². The zero-order valence-corrected chi connectivity index (χ0v) is 13.3. The molecule has 22 heavy (non-hydrogen) atoms. The summed E-state index contributed by atoms with van der Waals surface area (Å²) in [5.41, 5.74) is 0.683. The van der Waals surface area contributed by atoms with Crippen LogP contribution in [0.5, 0.6) is 5.75 Å². The van der Waals surface area contributed by atoms with Gasteiger partial charge in [-0.25, -0.2) is 0 Å². The third-order valence-electron chi connectivity index (χ3n) is 4.21. The Kier molecular flexibility index (Phi) is 6.68. The Morgan fingerprint density at radius 2 is 2.05 bits per heavy atom. The van der Waals surface area contributed by atoms with Gasteiger partial charge in [-0.1, -0.05) is 31.4 Å². The van der Waals surface area contributed by atoms with E-state index < -0.39 is 0 Å². The van der Waals surface area contributed by atoms with Gasteiger partial charge in [-0.3, -0.25) is 9.69 Å². The highest BCUT2D eigenvalue weighted by atomic mass is 16.5. The molecular weight excluding hydrogens is 280 g/mol. The molecule has 0 unspecified atom stereocenters. The van der Waals surface area contributed by atoms with Crippen LogP contribution in [0, 0.1) is 0 Å². The maximum atomic E-state index is 12.3. The molecule has 0 saturated heterocycles. The number of carbonyl (C=O) groups excluding carboxylic acids is 1. The quantitative estimate of drug-likeness (QED) is 0.811. The molecule has 122 valence electrons. The first-order chi connectivity index (χ1) is 10.7. The largest absolute Gasteiger partial charge is 0.495 e. The van der Waals surface area contributed by atoms with Crippen molar-refractivity contribution in [1.82, 2.24) is 4.90 Å². The van der Waals surface area contributed by atoms with Crippen molar-refractivity contribution in [2.45, 2.75) is 38.1 Å². The molecule has 1 fully saturated rings. The smallest absolute Gasteiger partial charge is 0.238 e. The monoisotopic (exact) mass is 306 g/mol. The molecule has 1 saturated carbocycles. The van der Waals surface area contributed by atoms with Crippen molar-refractivity contribution in [2.24, 2.45) is 0 Å². The summed E-state index contributed by atoms with van der Waals surface area (Å²) in [4.78, 5) is 14.4. The molecule has 2 N–H and O–H groups in total. The number of methoxy groups -OCH3 is 1. The third-order valence-corrected chi connectivity index (χ3v) is 4.21. The second kappa shape index (κ2) is 8.76. The Morgan fingerprint density at radius 1 is 1.32 bits per heavy atom. The fourth-order valence-corrected chi connectivity index (χ4v) is 3.09. The van der Waals surface area contributed by atoms with E-state index in [2.05, 4.69) is 10.2 Å². The molecule has 0 aromatic heterocycles. The van der Waals surface area contributed by atoms with Crippen LogP contribution in [0.4, 0.5) is 5.69 Å². The summed E-state index contributed by atoms with van der Waals surface area (Å²) in [6.07, 6.45) is 5.92. The first kappa shape index (κ1) is 16.8. The van der Waals surface area contributed by atoms with Gasteiger partial charge in [-0.05, 0) is 25.0 Å². The molecule has 0 aliphatic heterocycles. The van der Waals surface area contributed by atoms with Crippen molar-refractivity contribution in [1.29, 1.82) is 0 Å². The number of para-hydroxylation sites is 2. The van der Waals surface area contributed by atoms with Crippen LogP contribution in [0.15, 0.2) is 24.3 Å². The molecular formula is C17H26N2O3. The number of hydrogen-bond acceptors (Lipinski definition) is 4. The maximum absolute atomic E-state index is 12.3. The Morgan fingerprint density at radius 3 is 2.73 bits per heavy atom. The SMILES string of the molecule is COc1ccccc1NC(=O)CN(CCO)C1CCCCC1. The minimum Gasteiger partial charge on any atom is -0.495 e. The number of nitrogens with one attached hydrogen (secondary N) is 1. The topological polar surface area (TPSA) is 61.8 Å². The lowest BCUT2D eigenvalue weighted by molar-refractivity contribution is -0.118. The molecule has 0 radical (unpaired) electrons. The standard InChI is InChI=1S/C17H26N2O3/c1-22-16-10-6-5-9-15(16)18-17(21)13-19(11-12-20)14-7-3-2-4-8-14/h5-6,9-10,14,20H,2-4,7-8,11-13H2,1H3,(H,18,21). The van der Waals surface area contributed by atoms with Crippen LogP contribution in [0.2, 0.25) is 0 Å². The molecule has 1 aliphatic rings. The number of hydrogen-bond donors (Lipinski definition) is 2. The fourth-order valence-electron chi connectivity index (χ4n) is 3.09. The summed E-state index contributed by atoms with van der Waals surface area (Å²) in [5, 5.41) is 12.2. The van der Waals surface area contributed by atoms with Gasteiger partial charge in [0.2, 0.25) is 5.91 Å². The van der Waals surface area contributed by atoms with E-state index >= 15 is 0 Å². The number of carbonyl (C=O) groups is 1. The van der Waals surface area contributed by atoms with Gasteiger partial charge in [0.25, 0.3) is 0 Å². The maximum Gasteiger partial charge on any atom is 0.238 e. The van der Waals surface area contributed by atoms with Gasteiger partial charge < -0.3 is 15.2 Å². The normalized spacial score (nSPS) is 15.8. The molecule has 0 heterocycles. The Labute approximate surface area is 132 Å². The van der Waals surface area contributed by atoms with Gasteiger partial charge in [-0.15, -0.1) is 0 Å². The molecule has 1 aliphatic carbocycles. The number of aliphatic hydroxyl groups excluding tert-OH is 1. The zero-order chi connectivity index (χ0) is 15.8. The lowest BCUT2D eigenvalue weighted by Crippen LogP contribution is -2.43. The van der Waals surface area contributed by atoms with E-state index in [-0.39, 0.29) is 12.5 Å². The van der Waals surface area contributed by atoms with E-state index in [1.807, 2.05) is 24.3 Å². The third kappa shape index (κ3) is 4.71. The summed E-state index contributed by atoms with van der Waals surface area (Å²) in [6.45, 7) is 0.936. The van der Waals surface area contributed by atoms with E-state index in [0.717, 1.165) is 12.8 Å². The van der Waals surface area contributed by atoms with Gasteiger partial charge in [-0.2, -0.15) is 0 Å². The molecule has 0 atom stereocenters. The van der Waals surface area contributed by atoms with Crippen LogP contribution >= 0.6 is 0 Å². The number of anilines is 1. The molecule has 5 heteroatoms. The predicted octanol–water partition coefficient (Wildman–Crippen LogP) is 2.26. The van der Waals surface area contributed by atoms with Gasteiger partial charge >= 0.3 is 0 Å². The van der Waals surface area contributed by atoms with Crippen LogP contribution in [0.1, 0.15) is 32.1 Å². The Hall–Kier alpha value is -1.59. The minimum atomic E-state index is -0.0662. The number of nitrogens with zero attached hydrogens (tertiary/aromatic N) is 1. The van der Waals surface area contributed by atoms with Crippen LogP contribution < -0.4 is 10.1 Å². The lowest BCUT2D eigenvalue weighted by Gasteiger charge is -2.33. The van der Waals surface area contributed by atoms with Crippen molar-refractivity contribution in [3.05, 3.63) is 24.3 Å². The highest BCUT2D eigenvalue weighted by molar-refractivity contribution is 5.93. The second-order valence-electron chi connectivity index (χ2n) is 5.73. The van der Waals surface area contributed by atoms with E-state index in [1.165, 1.54) is 19.3 Å². The fraction of sp³-hybridized carbons (Fsp3) is 0.588. The Balaban J connectivity index is 1.95. The van der Waals surface area contributed by atoms with Gasteiger partial charge in [0.1, 0.15) is 5.75 Å². The average molecular weight is 306 g/mol. The second-order valence-corrected chi connectivity index (χ2v) is 5.73. The molecule has 1 aromatic rings. The zero-order valence-electron chi connectivity index (χ0n) is 13.3. The van der Waals surface area contributed by atoms with Crippen molar-refractivity contribution in [3.63, 3.8) is 0 Å². The molecule has 0 bridgehead atoms. The van der Waals surface area contributed by atoms with Gasteiger partial charge in [0.05, 0.1) is 25.9 Å². The molecule has 1 aromatic carbocycles. The summed E-state index contributed by atoms with van der Waals surface area (Å²) < 4.78 is 5.25. The molecule has 5 nitrogen and oxygen atoms in total. The van der Waals surface area contributed by atoms with E-state index in [4.69, 9.17) is 4.74 Å². The summed E-state index contributed by atoms with van der Waals surface area (Å²) in [7, 11) is 1.59. The lowest BCUT2D eigenvalue weighted by atomic mass is 9.94. The van der Waals surface area contributed by atoms with Crippen LogP contribution in [-0.4, -0.2) is 48.8 Å². The number of benzene rings is 1. The number of amides is 1. The van der Waals surface area contributed by atoms with E-state index in [0.29, 0.717) is 30.6 Å². The molecule has 0 spiro atoms. The summed E-state index contributed by atoms with van der Waals surface area (Å²) >= 11 is 0. The van der Waals surface area contributed by atoms with Crippen molar-refractivity contribution in [2.75, 3.05) is 32.1 Å². The minimum absolute atomic E-state index is 0.0662. The van der Waals surface area contributed by atoms with Gasteiger partial charge in [0, 0.05) is 12.6 Å². The van der Waals surface area contributed by atoms with E-state index in [9.17, 15) is 9.90 Å². The first-order valence-corrected chi connectivity index (χ1v) is 8.02. The Bertz CT molecular complexity index is 473. The van der Waals surface area contributed by atoms with Crippen LogP contribution in [-0.2, 0) is 4.79 Å². The van der Waals surface area contributed by atoms with Crippen molar-refractivity contribution >= 4 is 11.6 Å². The first-order valence-electron chi connectivity index (χ1n) is 8.02. The molecule has 2 rings (SSSR count). The van der Waals surface area contributed by atoms with Crippen LogP contribution in [0.25, 0.3) is 0 Å². The number of rotatable bonds is 7. The number of aliphatic hydroxyl groups is 1. The average Bonchev–Trinajstić information content (AvgIpc) is 2.56. The predicted molar refractivity (Wildman–Crippen MR) is 87.2 cm³/mol. The summed E-state index contributed by atoms with van der Waals surface area (Å²) in [5.74, 6) is 0.589.